The second-order valence-corrected chi connectivity index (χ2v) is 7.56. The third-order valence-corrected chi connectivity index (χ3v) is 5.47. The number of hydrogen-bond donors (Lipinski definition) is 1. The molecule has 1 aromatic carbocycles. The highest BCUT2D eigenvalue weighted by Crippen LogP contribution is 2.25. The van der Waals surface area contributed by atoms with E-state index in [9.17, 15) is 13.2 Å². The zero-order chi connectivity index (χ0) is 16.5. The predicted octanol–water partition coefficient (Wildman–Crippen LogP) is 2.36. The largest absolute Gasteiger partial charge is 0.336 e. The van der Waals surface area contributed by atoms with E-state index in [1.165, 1.54) is 6.07 Å². The molecule has 1 amide bonds. The molecule has 0 radical (unpaired) electrons. The number of carbonyl (C=O) groups excluding carboxylic acids is 1. The number of nitrogens with two attached hydrogens (primary N) is 1. The molecule has 0 aliphatic carbocycles. The van der Waals surface area contributed by atoms with E-state index in [-0.39, 0.29) is 16.8 Å². The Balaban J connectivity index is 2.45. The maximum absolute atomic E-state index is 12.9. The summed E-state index contributed by atoms with van der Waals surface area (Å²) < 4.78 is 23.4. The molecule has 0 unspecified atom stereocenters. The number of likely N-dealkylation sites (tertiary alicyclic amines) is 1. The Morgan fingerprint density at radius 1 is 1.27 bits per heavy atom. The van der Waals surface area contributed by atoms with Crippen LogP contribution in [0, 0.1) is 13.8 Å². The van der Waals surface area contributed by atoms with Gasteiger partial charge < -0.3 is 4.90 Å². The van der Waals surface area contributed by atoms with E-state index in [1.54, 1.807) is 13.0 Å². The molecule has 2 N–H and O–H groups in total. The van der Waals surface area contributed by atoms with Crippen LogP contribution in [0.2, 0.25) is 0 Å². The minimum atomic E-state index is -3.83. The summed E-state index contributed by atoms with van der Waals surface area (Å²) >= 11 is 0. The molecule has 1 heterocycles. The van der Waals surface area contributed by atoms with Crippen molar-refractivity contribution in [1.29, 1.82) is 0 Å². The molecule has 1 aliphatic heterocycles. The molecule has 0 saturated carbocycles. The molecular weight excluding hydrogens is 300 g/mol. The average Bonchev–Trinajstić information content (AvgIpc) is 2.45. The average molecular weight is 324 g/mol. The van der Waals surface area contributed by atoms with Crippen LogP contribution in [0.4, 0.5) is 0 Å². The van der Waals surface area contributed by atoms with Gasteiger partial charge in [0.05, 0.1) is 4.90 Å². The first kappa shape index (κ1) is 17.0. The molecule has 5 nitrogen and oxygen atoms in total. The lowest BCUT2D eigenvalue weighted by atomic mass is 9.97. The Labute approximate surface area is 132 Å². The van der Waals surface area contributed by atoms with Crippen molar-refractivity contribution in [3.8, 4) is 0 Å². The molecule has 0 bridgehead atoms. The molecule has 1 fully saturated rings. The van der Waals surface area contributed by atoms with Crippen LogP contribution in [0.25, 0.3) is 0 Å². The summed E-state index contributed by atoms with van der Waals surface area (Å²) in [4.78, 5) is 14.8. The first-order valence-corrected chi connectivity index (χ1v) is 9.25. The molecule has 6 heteroatoms. The molecule has 0 spiro atoms. The molecule has 1 aromatic rings. The highest BCUT2D eigenvalue weighted by molar-refractivity contribution is 7.89. The second kappa shape index (κ2) is 6.38. The van der Waals surface area contributed by atoms with Gasteiger partial charge in [-0.05, 0) is 56.7 Å². The Hall–Kier alpha value is -1.40. The van der Waals surface area contributed by atoms with Crippen molar-refractivity contribution in [3.63, 3.8) is 0 Å². The van der Waals surface area contributed by atoms with Gasteiger partial charge in [-0.25, -0.2) is 13.6 Å². The van der Waals surface area contributed by atoms with Crippen LogP contribution >= 0.6 is 0 Å². The number of piperidine rings is 1. The van der Waals surface area contributed by atoms with E-state index >= 15 is 0 Å². The highest BCUT2D eigenvalue weighted by Gasteiger charge is 2.28. The van der Waals surface area contributed by atoms with Gasteiger partial charge in [-0.2, -0.15) is 0 Å². The number of primary sulfonamides is 1. The standard InChI is InChI=1S/C16H24N2O3S/c1-4-13-7-5-6-8-18(13)16(19)14-10-15(22(17,20)21)12(3)9-11(14)2/h9-10,13H,4-8H2,1-3H3,(H2,17,20,21)/t13-/m1/s1. The minimum Gasteiger partial charge on any atom is -0.336 e. The van der Waals surface area contributed by atoms with Gasteiger partial charge in [0, 0.05) is 18.2 Å². The van der Waals surface area contributed by atoms with Gasteiger partial charge in [0.15, 0.2) is 0 Å². The van der Waals surface area contributed by atoms with Crippen LogP contribution in [0.5, 0.6) is 0 Å². The summed E-state index contributed by atoms with van der Waals surface area (Å²) in [5.74, 6) is -0.0889. The third-order valence-electron chi connectivity index (χ3n) is 4.42. The number of amides is 1. The molecule has 1 saturated heterocycles. The Morgan fingerprint density at radius 2 is 1.95 bits per heavy atom. The van der Waals surface area contributed by atoms with Crippen molar-refractivity contribution < 1.29 is 13.2 Å². The first-order chi connectivity index (χ1) is 10.3. The lowest BCUT2D eigenvalue weighted by molar-refractivity contribution is 0.0607. The van der Waals surface area contributed by atoms with E-state index in [2.05, 4.69) is 6.92 Å². The fraction of sp³-hybridized carbons (Fsp3) is 0.562. The number of benzene rings is 1. The van der Waals surface area contributed by atoms with Gasteiger partial charge in [-0.15, -0.1) is 0 Å². The van der Waals surface area contributed by atoms with E-state index < -0.39 is 10.0 Å². The SMILES string of the molecule is CC[C@@H]1CCCCN1C(=O)c1cc(S(N)(=O)=O)c(C)cc1C. The number of sulfonamides is 1. The quantitative estimate of drug-likeness (QED) is 0.926. The maximum Gasteiger partial charge on any atom is 0.254 e. The van der Waals surface area contributed by atoms with Gasteiger partial charge in [0.25, 0.3) is 5.91 Å². The molecule has 22 heavy (non-hydrogen) atoms. The van der Waals surface area contributed by atoms with E-state index in [4.69, 9.17) is 5.14 Å². The van der Waals surface area contributed by atoms with Gasteiger partial charge in [-0.3, -0.25) is 4.79 Å². The summed E-state index contributed by atoms with van der Waals surface area (Å²) in [5.41, 5.74) is 1.80. The lowest BCUT2D eigenvalue weighted by Crippen LogP contribution is -2.43. The van der Waals surface area contributed by atoms with Gasteiger partial charge in [0.1, 0.15) is 0 Å². The Kier molecular flexibility index (Phi) is 4.92. The summed E-state index contributed by atoms with van der Waals surface area (Å²) in [6, 6.07) is 3.39. The zero-order valence-electron chi connectivity index (χ0n) is 13.4. The summed E-state index contributed by atoms with van der Waals surface area (Å²) in [5, 5.41) is 5.26. The summed E-state index contributed by atoms with van der Waals surface area (Å²) in [7, 11) is -3.83. The van der Waals surface area contributed by atoms with Gasteiger partial charge in [-0.1, -0.05) is 13.0 Å². The monoisotopic (exact) mass is 324 g/mol. The van der Waals surface area contributed by atoms with Crippen LogP contribution in [-0.2, 0) is 10.0 Å². The van der Waals surface area contributed by atoms with Gasteiger partial charge >= 0.3 is 0 Å². The molecule has 2 rings (SSSR count). The van der Waals surface area contributed by atoms with E-state index in [0.717, 1.165) is 37.8 Å². The van der Waals surface area contributed by atoms with Crippen LogP contribution in [0.1, 0.15) is 54.1 Å². The fourth-order valence-electron chi connectivity index (χ4n) is 3.22. The lowest BCUT2D eigenvalue weighted by Gasteiger charge is -2.35. The highest BCUT2D eigenvalue weighted by atomic mass is 32.2. The van der Waals surface area contributed by atoms with Crippen molar-refractivity contribution in [3.05, 3.63) is 28.8 Å². The number of carbonyl (C=O) groups is 1. The van der Waals surface area contributed by atoms with Crippen LogP contribution in [-0.4, -0.2) is 31.8 Å². The minimum absolute atomic E-state index is 0.0338. The van der Waals surface area contributed by atoms with Crippen LogP contribution < -0.4 is 5.14 Å². The van der Waals surface area contributed by atoms with Crippen molar-refractivity contribution in [2.45, 2.75) is 57.4 Å². The molecular formula is C16H24N2O3S. The first-order valence-electron chi connectivity index (χ1n) is 7.70. The van der Waals surface area contributed by atoms with Crippen molar-refractivity contribution in [2.75, 3.05) is 6.54 Å². The maximum atomic E-state index is 12.9. The topological polar surface area (TPSA) is 80.5 Å². The second-order valence-electron chi connectivity index (χ2n) is 6.03. The normalized spacial score (nSPS) is 19.3. The number of aryl methyl sites for hydroxylation is 2. The molecule has 1 atom stereocenters. The number of rotatable bonds is 3. The van der Waals surface area contributed by atoms with Gasteiger partial charge in [0.2, 0.25) is 10.0 Å². The zero-order valence-corrected chi connectivity index (χ0v) is 14.2. The Morgan fingerprint density at radius 3 is 2.55 bits per heavy atom. The summed E-state index contributed by atoms with van der Waals surface area (Å²) in [6.45, 7) is 6.33. The molecule has 0 aromatic heterocycles. The Bertz CT molecular complexity index is 683. The van der Waals surface area contributed by atoms with Crippen molar-refractivity contribution in [1.82, 2.24) is 4.90 Å². The number of nitrogens with zero attached hydrogens (tertiary/aromatic N) is 1. The van der Waals surface area contributed by atoms with Crippen molar-refractivity contribution in [2.24, 2.45) is 5.14 Å². The molecule has 122 valence electrons. The van der Waals surface area contributed by atoms with Crippen LogP contribution in [0.15, 0.2) is 17.0 Å². The molecule has 1 aliphatic rings. The van der Waals surface area contributed by atoms with Crippen LogP contribution in [0.3, 0.4) is 0 Å². The smallest absolute Gasteiger partial charge is 0.254 e. The van der Waals surface area contributed by atoms with E-state index in [1.807, 2.05) is 11.8 Å². The summed E-state index contributed by atoms with van der Waals surface area (Å²) in [6.07, 6.45) is 4.06. The number of hydrogen-bond acceptors (Lipinski definition) is 3. The van der Waals surface area contributed by atoms with E-state index in [0.29, 0.717) is 11.1 Å². The van der Waals surface area contributed by atoms with Crippen molar-refractivity contribution >= 4 is 15.9 Å². The fourth-order valence-corrected chi connectivity index (χ4v) is 4.01. The predicted molar refractivity (Wildman–Crippen MR) is 86.3 cm³/mol. The third kappa shape index (κ3) is 3.33.